The van der Waals surface area contributed by atoms with Crippen LogP contribution in [0.5, 0.6) is 0 Å². The van der Waals surface area contributed by atoms with Gasteiger partial charge < -0.3 is 14.9 Å². The minimum atomic E-state index is -1.37. The molecule has 17 heavy (non-hydrogen) atoms. The maximum atomic E-state index is 8.98. The minimum absolute atomic E-state index is 0.544. The second-order valence-electron chi connectivity index (χ2n) is 4.56. The van der Waals surface area contributed by atoms with Gasteiger partial charge in [0.1, 0.15) is 0 Å². The standard InChI is InChI=1S/C13H22BNO2/c1-3-4-5-10-15(2)11-12-6-8-13(9-7-12)14(16)17/h6-9,16-17H,3-5,10-11H2,1-2H3. The lowest BCUT2D eigenvalue weighted by molar-refractivity contribution is 0.318. The Bertz CT molecular complexity index is 314. The highest BCUT2D eigenvalue weighted by atomic mass is 16.4. The van der Waals surface area contributed by atoms with Crippen molar-refractivity contribution in [1.82, 2.24) is 4.90 Å². The van der Waals surface area contributed by atoms with Crippen molar-refractivity contribution in [3.05, 3.63) is 29.8 Å². The van der Waals surface area contributed by atoms with E-state index in [2.05, 4.69) is 18.9 Å². The van der Waals surface area contributed by atoms with E-state index in [-0.39, 0.29) is 0 Å². The first-order chi connectivity index (χ1) is 8.13. The number of unbranched alkanes of at least 4 members (excludes halogenated alkanes) is 2. The lowest BCUT2D eigenvalue weighted by Crippen LogP contribution is -2.29. The minimum Gasteiger partial charge on any atom is -0.423 e. The second kappa shape index (κ2) is 7.48. The quantitative estimate of drug-likeness (QED) is 0.547. The summed E-state index contributed by atoms with van der Waals surface area (Å²) < 4.78 is 0. The fourth-order valence-corrected chi connectivity index (χ4v) is 1.82. The van der Waals surface area contributed by atoms with Gasteiger partial charge in [0.05, 0.1) is 0 Å². The third-order valence-corrected chi connectivity index (χ3v) is 2.87. The third-order valence-electron chi connectivity index (χ3n) is 2.87. The van der Waals surface area contributed by atoms with Crippen molar-refractivity contribution in [2.45, 2.75) is 32.7 Å². The highest BCUT2D eigenvalue weighted by molar-refractivity contribution is 6.58. The van der Waals surface area contributed by atoms with Crippen molar-refractivity contribution in [3.63, 3.8) is 0 Å². The molecule has 0 saturated carbocycles. The largest absolute Gasteiger partial charge is 0.488 e. The highest BCUT2D eigenvalue weighted by Gasteiger charge is 2.09. The zero-order valence-electron chi connectivity index (χ0n) is 10.8. The Morgan fingerprint density at radius 1 is 1.12 bits per heavy atom. The van der Waals surface area contributed by atoms with Crippen LogP contribution in [0.25, 0.3) is 0 Å². The van der Waals surface area contributed by atoms with E-state index < -0.39 is 7.12 Å². The smallest absolute Gasteiger partial charge is 0.423 e. The number of nitrogens with zero attached hydrogens (tertiary/aromatic N) is 1. The molecule has 0 aromatic heterocycles. The van der Waals surface area contributed by atoms with Gasteiger partial charge in [-0.25, -0.2) is 0 Å². The van der Waals surface area contributed by atoms with E-state index in [1.54, 1.807) is 12.1 Å². The molecule has 0 aliphatic heterocycles. The molecular weight excluding hydrogens is 213 g/mol. The average molecular weight is 235 g/mol. The van der Waals surface area contributed by atoms with E-state index in [9.17, 15) is 0 Å². The summed E-state index contributed by atoms with van der Waals surface area (Å²) in [7, 11) is 0.746. The Morgan fingerprint density at radius 2 is 1.76 bits per heavy atom. The maximum Gasteiger partial charge on any atom is 0.488 e. The van der Waals surface area contributed by atoms with Gasteiger partial charge in [-0.05, 0) is 31.0 Å². The molecule has 0 unspecified atom stereocenters. The van der Waals surface area contributed by atoms with Crippen molar-refractivity contribution in [1.29, 1.82) is 0 Å². The van der Waals surface area contributed by atoms with Crippen LogP contribution < -0.4 is 5.46 Å². The molecule has 1 rings (SSSR count). The number of rotatable bonds is 7. The van der Waals surface area contributed by atoms with Crippen LogP contribution in [0.4, 0.5) is 0 Å². The molecule has 0 saturated heterocycles. The summed E-state index contributed by atoms with van der Waals surface area (Å²) in [5.41, 5.74) is 1.75. The molecule has 0 fully saturated rings. The topological polar surface area (TPSA) is 43.7 Å². The van der Waals surface area contributed by atoms with E-state index in [0.717, 1.165) is 13.1 Å². The van der Waals surface area contributed by atoms with Crippen molar-refractivity contribution in [2.24, 2.45) is 0 Å². The summed E-state index contributed by atoms with van der Waals surface area (Å²) >= 11 is 0. The van der Waals surface area contributed by atoms with Gasteiger partial charge in [-0.15, -0.1) is 0 Å². The molecule has 0 bridgehead atoms. The van der Waals surface area contributed by atoms with E-state index in [1.807, 2.05) is 12.1 Å². The van der Waals surface area contributed by atoms with E-state index in [1.165, 1.54) is 24.8 Å². The molecule has 0 heterocycles. The lowest BCUT2D eigenvalue weighted by Gasteiger charge is -2.16. The van der Waals surface area contributed by atoms with Crippen LogP contribution in [-0.2, 0) is 6.54 Å². The highest BCUT2D eigenvalue weighted by Crippen LogP contribution is 2.04. The molecule has 0 atom stereocenters. The zero-order valence-corrected chi connectivity index (χ0v) is 10.8. The van der Waals surface area contributed by atoms with Crippen LogP contribution in [0.1, 0.15) is 31.7 Å². The second-order valence-corrected chi connectivity index (χ2v) is 4.56. The van der Waals surface area contributed by atoms with Crippen LogP contribution in [0.3, 0.4) is 0 Å². The molecule has 4 heteroatoms. The van der Waals surface area contributed by atoms with Crippen molar-refractivity contribution in [2.75, 3.05) is 13.6 Å². The van der Waals surface area contributed by atoms with Gasteiger partial charge in [0, 0.05) is 6.54 Å². The van der Waals surface area contributed by atoms with E-state index in [0.29, 0.717) is 5.46 Å². The Labute approximate surface area is 104 Å². The normalized spacial score (nSPS) is 10.9. The predicted octanol–water partition coefficient (Wildman–Crippen LogP) is 0.988. The molecule has 0 aliphatic carbocycles. The molecule has 1 aromatic rings. The molecule has 0 amide bonds. The fraction of sp³-hybridized carbons (Fsp3) is 0.538. The average Bonchev–Trinajstić information content (AvgIpc) is 2.30. The van der Waals surface area contributed by atoms with Crippen molar-refractivity contribution >= 4 is 12.6 Å². The van der Waals surface area contributed by atoms with Crippen LogP contribution in [0, 0.1) is 0 Å². The van der Waals surface area contributed by atoms with Gasteiger partial charge in [-0.3, -0.25) is 0 Å². The molecule has 3 nitrogen and oxygen atoms in total. The fourth-order valence-electron chi connectivity index (χ4n) is 1.82. The van der Waals surface area contributed by atoms with Gasteiger partial charge in [-0.2, -0.15) is 0 Å². The van der Waals surface area contributed by atoms with Crippen molar-refractivity contribution < 1.29 is 10.0 Å². The monoisotopic (exact) mass is 235 g/mol. The SMILES string of the molecule is CCCCCN(C)Cc1ccc(B(O)O)cc1. The number of hydrogen-bond acceptors (Lipinski definition) is 3. The summed E-state index contributed by atoms with van der Waals surface area (Å²) in [5, 5.41) is 18.0. The van der Waals surface area contributed by atoms with Crippen LogP contribution in [0.2, 0.25) is 0 Å². The number of benzene rings is 1. The first kappa shape index (κ1) is 14.2. The van der Waals surface area contributed by atoms with E-state index in [4.69, 9.17) is 10.0 Å². The van der Waals surface area contributed by atoms with Gasteiger partial charge >= 0.3 is 7.12 Å². The molecule has 0 aliphatic rings. The van der Waals surface area contributed by atoms with Gasteiger partial charge in [0.2, 0.25) is 0 Å². The molecule has 1 aromatic carbocycles. The van der Waals surface area contributed by atoms with Crippen molar-refractivity contribution in [3.8, 4) is 0 Å². The van der Waals surface area contributed by atoms with Gasteiger partial charge in [-0.1, -0.05) is 44.0 Å². The Balaban J connectivity index is 2.40. The number of hydrogen-bond donors (Lipinski definition) is 2. The Kier molecular flexibility index (Phi) is 6.26. The predicted molar refractivity (Wildman–Crippen MR) is 72.1 cm³/mol. The van der Waals surface area contributed by atoms with Crippen LogP contribution in [-0.4, -0.2) is 35.7 Å². The summed E-state index contributed by atoms with van der Waals surface area (Å²) in [6, 6.07) is 7.43. The summed E-state index contributed by atoms with van der Waals surface area (Å²) in [6.45, 7) is 4.22. The van der Waals surface area contributed by atoms with Gasteiger partial charge in [0.25, 0.3) is 0 Å². The first-order valence-corrected chi connectivity index (χ1v) is 6.27. The Hall–Kier alpha value is -0.835. The third kappa shape index (κ3) is 5.35. The van der Waals surface area contributed by atoms with Crippen LogP contribution >= 0.6 is 0 Å². The van der Waals surface area contributed by atoms with Gasteiger partial charge in [0.15, 0.2) is 0 Å². The Morgan fingerprint density at radius 3 is 2.29 bits per heavy atom. The molecule has 0 radical (unpaired) electrons. The summed E-state index contributed by atoms with van der Waals surface area (Å²) in [6.07, 6.45) is 3.76. The van der Waals surface area contributed by atoms with Crippen LogP contribution in [0.15, 0.2) is 24.3 Å². The summed E-state index contributed by atoms with van der Waals surface area (Å²) in [4.78, 5) is 2.29. The molecule has 0 spiro atoms. The molecular formula is C13H22BNO2. The molecule has 94 valence electrons. The first-order valence-electron chi connectivity index (χ1n) is 6.27. The van der Waals surface area contributed by atoms with E-state index >= 15 is 0 Å². The summed E-state index contributed by atoms with van der Waals surface area (Å²) in [5.74, 6) is 0. The molecule has 2 N–H and O–H groups in total. The zero-order chi connectivity index (χ0) is 12.7. The lowest BCUT2D eigenvalue weighted by atomic mass is 9.80. The maximum absolute atomic E-state index is 8.98.